The molecule has 0 aliphatic heterocycles. The van der Waals surface area contributed by atoms with E-state index >= 15 is 0 Å². The summed E-state index contributed by atoms with van der Waals surface area (Å²) in [6.07, 6.45) is 7.20. The van der Waals surface area contributed by atoms with E-state index in [4.69, 9.17) is 0 Å². The van der Waals surface area contributed by atoms with Gasteiger partial charge in [-0.15, -0.1) is 0 Å². The van der Waals surface area contributed by atoms with Crippen LogP contribution < -0.4 is 5.32 Å². The van der Waals surface area contributed by atoms with E-state index in [1.807, 2.05) is 0 Å². The average Bonchev–Trinajstić information content (AvgIpc) is 3.07. The van der Waals surface area contributed by atoms with Gasteiger partial charge in [0.25, 0.3) is 0 Å². The van der Waals surface area contributed by atoms with Gasteiger partial charge in [0, 0.05) is 19.6 Å². The quantitative estimate of drug-likeness (QED) is 0.586. The third-order valence-corrected chi connectivity index (χ3v) is 3.49. The maximum atomic E-state index is 3.59. The van der Waals surface area contributed by atoms with Crippen molar-refractivity contribution in [3.8, 4) is 0 Å². The molecule has 88 valence electrons. The average molecular weight is 210 g/mol. The van der Waals surface area contributed by atoms with Crippen molar-refractivity contribution >= 4 is 0 Å². The molecule has 0 radical (unpaired) electrons. The Labute approximate surface area is 94.4 Å². The molecule has 1 N–H and O–H groups in total. The van der Waals surface area contributed by atoms with Crippen LogP contribution in [0.25, 0.3) is 0 Å². The van der Waals surface area contributed by atoms with Crippen molar-refractivity contribution < 1.29 is 0 Å². The summed E-state index contributed by atoms with van der Waals surface area (Å²) in [5.41, 5.74) is 0. The van der Waals surface area contributed by atoms with Gasteiger partial charge in [-0.05, 0) is 57.0 Å². The summed E-state index contributed by atoms with van der Waals surface area (Å²) in [6, 6.07) is 0. The lowest BCUT2D eigenvalue weighted by atomic mass is 10.3. The second kappa shape index (κ2) is 5.86. The molecule has 2 aliphatic rings. The molecule has 0 aromatic heterocycles. The fourth-order valence-electron chi connectivity index (χ4n) is 2.14. The van der Waals surface area contributed by atoms with Crippen LogP contribution in [0.4, 0.5) is 0 Å². The minimum atomic E-state index is 1.02. The maximum absolute atomic E-state index is 3.59. The minimum absolute atomic E-state index is 1.02. The van der Waals surface area contributed by atoms with Crippen LogP contribution in [0.2, 0.25) is 0 Å². The van der Waals surface area contributed by atoms with E-state index in [1.54, 1.807) is 0 Å². The van der Waals surface area contributed by atoms with Crippen LogP contribution in [0, 0.1) is 11.8 Å². The number of nitrogens with zero attached hydrogens (tertiary/aromatic N) is 1. The molecular formula is C13H26N2. The number of hydrogen-bond donors (Lipinski definition) is 1. The normalized spacial score (nSPS) is 21.2. The zero-order valence-corrected chi connectivity index (χ0v) is 10.2. The van der Waals surface area contributed by atoms with Crippen molar-refractivity contribution in [2.75, 3.05) is 32.7 Å². The number of nitrogens with one attached hydrogen (secondary N) is 1. The van der Waals surface area contributed by atoms with E-state index in [1.165, 1.54) is 64.8 Å². The summed E-state index contributed by atoms with van der Waals surface area (Å²) in [7, 11) is 0. The molecule has 2 heteroatoms. The Bertz CT molecular complexity index is 173. The predicted octanol–water partition coefficient (Wildman–Crippen LogP) is 2.11. The first-order chi connectivity index (χ1) is 7.38. The number of rotatable bonds is 9. The van der Waals surface area contributed by atoms with Crippen LogP contribution in [-0.4, -0.2) is 37.6 Å². The van der Waals surface area contributed by atoms with E-state index in [9.17, 15) is 0 Å². The van der Waals surface area contributed by atoms with Crippen molar-refractivity contribution in [2.24, 2.45) is 11.8 Å². The first kappa shape index (κ1) is 11.4. The standard InChI is InChI=1S/C13H26N2/c1-2-8-15(11-13-5-6-13)9-7-14-10-12-3-4-12/h12-14H,2-11H2,1H3. The van der Waals surface area contributed by atoms with Gasteiger partial charge in [0.15, 0.2) is 0 Å². The van der Waals surface area contributed by atoms with Crippen molar-refractivity contribution in [3.63, 3.8) is 0 Å². The summed E-state index contributed by atoms with van der Waals surface area (Å²) >= 11 is 0. The molecule has 2 nitrogen and oxygen atoms in total. The van der Waals surface area contributed by atoms with E-state index < -0.39 is 0 Å². The minimum Gasteiger partial charge on any atom is -0.315 e. The van der Waals surface area contributed by atoms with E-state index in [2.05, 4.69) is 17.1 Å². The fourth-order valence-corrected chi connectivity index (χ4v) is 2.14. The van der Waals surface area contributed by atoms with Crippen LogP contribution in [-0.2, 0) is 0 Å². The lowest BCUT2D eigenvalue weighted by Gasteiger charge is -2.21. The molecule has 15 heavy (non-hydrogen) atoms. The maximum Gasteiger partial charge on any atom is 0.0107 e. The van der Waals surface area contributed by atoms with Crippen LogP contribution in [0.15, 0.2) is 0 Å². The zero-order valence-electron chi connectivity index (χ0n) is 10.2. The molecule has 0 spiro atoms. The Morgan fingerprint density at radius 2 is 1.80 bits per heavy atom. The molecule has 0 unspecified atom stereocenters. The second-order valence-electron chi connectivity index (χ2n) is 5.39. The molecule has 0 amide bonds. The van der Waals surface area contributed by atoms with Gasteiger partial charge in [-0.3, -0.25) is 0 Å². The topological polar surface area (TPSA) is 15.3 Å². The lowest BCUT2D eigenvalue weighted by Crippen LogP contribution is -2.34. The van der Waals surface area contributed by atoms with Gasteiger partial charge in [-0.25, -0.2) is 0 Å². The van der Waals surface area contributed by atoms with Crippen molar-refractivity contribution in [3.05, 3.63) is 0 Å². The summed E-state index contributed by atoms with van der Waals surface area (Å²) < 4.78 is 0. The van der Waals surface area contributed by atoms with Crippen molar-refractivity contribution in [1.29, 1.82) is 0 Å². The largest absolute Gasteiger partial charge is 0.315 e. The summed E-state index contributed by atoms with van der Waals surface area (Å²) in [5, 5.41) is 3.59. The first-order valence-electron chi connectivity index (χ1n) is 6.81. The lowest BCUT2D eigenvalue weighted by molar-refractivity contribution is 0.262. The van der Waals surface area contributed by atoms with Gasteiger partial charge >= 0.3 is 0 Å². The van der Waals surface area contributed by atoms with Crippen molar-refractivity contribution in [1.82, 2.24) is 10.2 Å². The Morgan fingerprint density at radius 1 is 1.07 bits per heavy atom. The molecule has 0 aromatic carbocycles. The van der Waals surface area contributed by atoms with Gasteiger partial charge < -0.3 is 10.2 Å². The fraction of sp³-hybridized carbons (Fsp3) is 1.00. The van der Waals surface area contributed by atoms with Gasteiger partial charge in [0.1, 0.15) is 0 Å². The Morgan fingerprint density at radius 3 is 2.40 bits per heavy atom. The third-order valence-electron chi connectivity index (χ3n) is 3.49. The highest BCUT2D eigenvalue weighted by Crippen LogP contribution is 2.29. The Balaban J connectivity index is 1.50. The summed E-state index contributed by atoms with van der Waals surface area (Å²) in [4.78, 5) is 2.65. The molecule has 0 bridgehead atoms. The van der Waals surface area contributed by atoms with Crippen LogP contribution in [0.1, 0.15) is 39.0 Å². The van der Waals surface area contributed by atoms with Crippen LogP contribution in [0.3, 0.4) is 0 Å². The monoisotopic (exact) mass is 210 g/mol. The Hall–Kier alpha value is -0.0800. The van der Waals surface area contributed by atoms with E-state index in [0.717, 1.165) is 11.8 Å². The van der Waals surface area contributed by atoms with E-state index in [0.29, 0.717) is 0 Å². The summed E-state index contributed by atoms with van der Waals surface area (Å²) in [6.45, 7) is 8.67. The molecular weight excluding hydrogens is 184 g/mol. The Kier molecular flexibility index (Phi) is 4.45. The third kappa shape index (κ3) is 4.98. The molecule has 0 heterocycles. The van der Waals surface area contributed by atoms with Crippen molar-refractivity contribution in [2.45, 2.75) is 39.0 Å². The molecule has 2 saturated carbocycles. The molecule has 0 aromatic rings. The van der Waals surface area contributed by atoms with Gasteiger partial charge in [-0.2, -0.15) is 0 Å². The molecule has 2 rings (SSSR count). The van der Waals surface area contributed by atoms with E-state index in [-0.39, 0.29) is 0 Å². The SMILES string of the molecule is CCCN(CCNCC1CC1)CC1CC1. The van der Waals surface area contributed by atoms with Gasteiger partial charge in [-0.1, -0.05) is 6.92 Å². The highest BCUT2D eigenvalue weighted by Gasteiger charge is 2.24. The molecule has 0 atom stereocenters. The molecule has 0 saturated heterocycles. The second-order valence-corrected chi connectivity index (χ2v) is 5.39. The van der Waals surface area contributed by atoms with Crippen LogP contribution >= 0.6 is 0 Å². The smallest absolute Gasteiger partial charge is 0.0107 e. The molecule has 2 fully saturated rings. The number of hydrogen-bond acceptors (Lipinski definition) is 2. The predicted molar refractivity (Wildman–Crippen MR) is 65.0 cm³/mol. The summed E-state index contributed by atoms with van der Waals surface area (Å²) in [5.74, 6) is 2.06. The highest BCUT2D eigenvalue weighted by molar-refractivity contribution is 4.78. The molecule has 2 aliphatic carbocycles. The van der Waals surface area contributed by atoms with Gasteiger partial charge in [0.05, 0.1) is 0 Å². The van der Waals surface area contributed by atoms with Gasteiger partial charge in [0.2, 0.25) is 0 Å². The zero-order chi connectivity index (χ0) is 10.5. The first-order valence-corrected chi connectivity index (χ1v) is 6.81. The van der Waals surface area contributed by atoms with Crippen LogP contribution in [0.5, 0.6) is 0 Å². The highest BCUT2D eigenvalue weighted by atomic mass is 15.1.